The number of nitrogens with two attached hydrogens (primary N) is 1. The second-order valence-corrected chi connectivity index (χ2v) is 5.33. The molecule has 0 aliphatic rings. The molecule has 18 heavy (non-hydrogen) atoms. The van der Waals surface area contributed by atoms with E-state index >= 15 is 0 Å². The van der Waals surface area contributed by atoms with Crippen molar-refractivity contribution in [2.24, 2.45) is 5.92 Å². The molecule has 0 spiro atoms. The molecule has 5 heteroatoms. The average Bonchev–Trinajstić information content (AvgIpc) is 2.25. The zero-order chi connectivity index (χ0) is 13.9. The molecule has 0 bridgehead atoms. The Morgan fingerprint density at radius 1 is 1.56 bits per heavy atom. The highest BCUT2D eigenvalue weighted by atomic mass is 79.9. The van der Waals surface area contributed by atoms with Gasteiger partial charge in [0.2, 0.25) is 0 Å². The normalized spacial score (nSPS) is 14.2. The largest absolute Gasteiger partial charge is 0.481 e. The third-order valence-electron chi connectivity index (χ3n) is 3.04. The number of nitrogen functional groups attached to an aromatic ring is 1. The zero-order valence-corrected chi connectivity index (χ0v) is 12.0. The van der Waals surface area contributed by atoms with E-state index in [4.69, 9.17) is 5.73 Å². The van der Waals surface area contributed by atoms with Crippen LogP contribution in [0.4, 0.5) is 10.1 Å². The van der Waals surface area contributed by atoms with Crippen molar-refractivity contribution in [3.63, 3.8) is 0 Å². The van der Waals surface area contributed by atoms with Gasteiger partial charge in [-0.05, 0) is 46.0 Å². The van der Waals surface area contributed by atoms with Crippen molar-refractivity contribution in [2.45, 2.75) is 32.6 Å². The Labute approximate surface area is 114 Å². The first-order valence-electron chi connectivity index (χ1n) is 5.85. The Hall–Kier alpha value is -1.10. The Bertz CT molecular complexity index is 451. The number of hydrogen-bond donors (Lipinski definition) is 2. The summed E-state index contributed by atoms with van der Waals surface area (Å²) >= 11 is 3.14. The topological polar surface area (TPSA) is 63.3 Å². The molecule has 0 saturated carbocycles. The molecule has 0 amide bonds. The monoisotopic (exact) mass is 317 g/mol. The van der Waals surface area contributed by atoms with Crippen LogP contribution in [-0.4, -0.2) is 11.1 Å². The molecule has 100 valence electrons. The quantitative estimate of drug-likeness (QED) is 0.812. The van der Waals surface area contributed by atoms with Gasteiger partial charge in [0.25, 0.3) is 0 Å². The molecule has 3 N–H and O–H groups in total. The molecule has 0 aliphatic carbocycles. The van der Waals surface area contributed by atoms with Crippen molar-refractivity contribution in [3.05, 3.63) is 28.0 Å². The third kappa shape index (κ3) is 3.22. The van der Waals surface area contributed by atoms with Gasteiger partial charge >= 0.3 is 5.97 Å². The molecule has 3 nitrogen and oxygen atoms in total. The van der Waals surface area contributed by atoms with E-state index in [1.54, 1.807) is 0 Å². The number of carboxylic acid groups (broad SMARTS) is 1. The summed E-state index contributed by atoms with van der Waals surface area (Å²) in [6, 6.07) is 2.45. The minimum Gasteiger partial charge on any atom is -0.481 e. The van der Waals surface area contributed by atoms with Gasteiger partial charge in [0, 0.05) is 4.47 Å². The predicted molar refractivity (Wildman–Crippen MR) is 73.0 cm³/mol. The van der Waals surface area contributed by atoms with Crippen LogP contribution < -0.4 is 5.73 Å². The minimum atomic E-state index is -0.972. The predicted octanol–water partition coefficient (Wildman–Crippen LogP) is 3.77. The number of carbonyl (C=O) groups is 1. The molecule has 1 aromatic carbocycles. The smallest absolute Gasteiger partial charge is 0.311 e. The Balaban J connectivity index is 3.25. The van der Waals surface area contributed by atoms with Crippen molar-refractivity contribution in [2.75, 3.05) is 5.73 Å². The lowest BCUT2D eigenvalue weighted by Gasteiger charge is -2.22. The van der Waals surface area contributed by atoms with Gasteiger partial charge in [0.05, 0.1) is 11.6 Å². The van der Waals surface area contributed by atoms with Crippen LogP contribution in [0.3, 0.4) is 0 Å². The molecule has 0 aromatic heterocycles. The van der Waals surface area contributed by atoms with Crippen molar-refractivity contribution in [3.8, 4) is 0 Å². The maximum absolute atomic E-state index is 13.4. The van der Waals surface area contributed by atoms with Crippen LogP contribution in [0.25, 0.3) is 0 Å². The van der Waals surface area contributed by atoms with Gasteiger partial charge in [-0.1, -0.05) is 20.3 Å². The van der Waals surface area contributed by atoms with Gasteiger partial charge in [-0.3, -0.25) is 4.79 Å². The summed E-state index contributed by atoms with van der Waals surface area (Å²) in [6.07, 6.45) is 1.63. The summed E-state index contributed by atoms with van der Waals surface area (Å²) in [4.78, 5) is 11.4. The molecular weight excluding hydrogens is 301 g/mol. The van der Waals surface area contributed by atoms with Gasteiger partial charge < -0.3 is 10.8 Å². The highest BCUT2D eigenvalue weighted by Crippen LogP contribution is 2.36. The summed E-state index contributed by atoms with van der Waals surface area (Å²) in [7, 11) is 0. The summed E-state index contributed by atoms with van der Waals surface area (Å²) in [5.41, 5.74) is 6.49. The van der Waals surface area contributed by atoms with Crippen molar-refractivity contribution in [1.82, 2.24) is 0 Å². The molecule has 0 heterocycles. The zero-order valence-electron chi connectivity index (χ0n) is 10.4. The van der Waals surface area contributed by atoms with Crippen molar-refractivity contribution < 1.29 is 14.3 Å². The van der Waals surface area contributed by atoms with E-state index in [9.17, 15) is 14.3 Å². The van der Waals surface area contributed by atoms with Crippen molar-refractivity contribution >= 4 is 27.6 Å². The fourth-order valence-corrected chi connectivity index (χ4v) is 2.61. The molecule has 0 aliphatic heterocycles. The number of carboxylic acids is 1. The highest BCUT2D eigenvalue weighted by Gasteiger charge is 2.29. The molecule has 1 aromatic rings. The number of hydrogen-bond acceptors (Lipinski definition) is 2. The maximum atomic E-state index is 13.4. The fraction of sp³-hybridized carbons (Fsp3) is 0.462. The number of aliphatic carboxylic acids is 1. The first kappa shape index (κ1) is 15.0. The van der Waals surface area contributed by atoms with Crippen LogP contribution in [0.5, 0.6) is 0 Å². The summed E-state index contributed by atoms with van der Waals surface area (Å²) < 4.78 is 13.8. The number of anilines is 1. The standard InChI is InChI=1S/C13H17BrFNO2/c1-3-4-7(2)11(13(17)18)9-5-8(15)6-10(14)12(9)16/h5-7,11H,3-4,16H2,1-2H3,(H,17,18). The lowest BCUT2D eigenvalue weighted by Crippen LogP contribution is -2.21. The first-order chi connectivity index (χ1) is 8.38. The van der Waals surface area contributed by atoms with Crippen LogP contribution in [-0.2, 0) is 4.79 Å². The fourth-order valence-electron chi connectivity index (χ4n) is 2.17. The lowest BCUT2D eigenvalue weighted by atomic mass is 9.84. The Kier molecular flexibility index (Phi) is 5.14. The lowest BCUT2D eigenvalue weighted by molar-refractivity contribution is -0.140. The van der Waals surface area contributed by atoms with Crippen LogP contribution >= 0.6 is 15.9 Å². The first-order valence-corrected chi connectivity index (χ1v) is 6.65. The van der Waals surface area contributed by atoms with Crippen LogP contribution in [0.1, 0.15) is 38.2 Å². The van der Waals surface area contributed by atoms with E-state index in [-0.39, 0.29) is 5.92 Å². The van der Waals surface area contributed by atoms with Crippen molar-refractivity contribution in [1.29, 1.82) is 0 Å². The second kappa shape index (κ2) is 6.18. The van der Waals surface area contributed by atoms with E-state index in [0.29, 0.717) is 15.7 Å². The summed E-state index contributed by atoms with van der Waals surface area (Å²) in [5.74, 6) is -2.33. The number of halogens is 2. The van der Waals surface area contributed by atoms with E-state index < -0.39 is 17.7 Å². The molecule has 2 atom stereocenters. The summed E-state index contributed by atoms with van der Waals surface area (Å²) in [6.45, 7) is 3.83. The van der Waals surface area contributed by atoms with E-state index in [2.05, 4.69) is 15.9 Å². The molecule has 0 saturated heterocycles. The second-order valence-electron chi connectivity index (χ2n) is 4.47. The van der Waals surface area contributed by atoms with Crippen LogP contribution in [0.2, 0.25) is 0 Å². The molecule has 0 radical (unpaired) electrons. The molecule has 1 rings (SSSR count). The van der Waals surface area contributed by atoms with Gasteiger partial charge in [-0.2, -0.15) is 0 Å². The maximum Gasteiger partial charge on any atom is 0.311 e. The minimum absolute atomic E-state index is 0.0940. The summed E-state index contributed by atoms with van der Waals surface area (Å²) in [5, 5.41) is 9.34. The highest BCUT2D eigenvalue weighted by molar-refractivity contribution is 9.10. The van der Waals surface area contributed by atoms with Gasteiger partial charge in [-0.25, -0.2) is 4.39 Å². The van der Waals surface area contributed by atoms with E-state index in [1.165, 1.54) is 12.1 Å². The van der Waals surface area contributed by atoms with Gasteiger partial charge in [-0.15, -0.1) is 0 Å². The van der Waals surface area contributed by atoms with Gasteiger partial charge in [0.1, 0.15) is 5.82 Å². The SMILES string of the molecule is CCCC(C)C(C(=O)O)c1cc(F)cc(Br)c1N. The third-order valence-corrected chi connectivity index (χ3v) is 3.70. The average molecular weight is 318 g/mol. The van der Waals surface area contributed by atoms with E-state index in [1.807, 2.05) is 13.8 Å². The molecule has 0 fully saturated rings. The molecule has 2 unspecified atom stereocenters. The number of rotatable bonds is 5. The molecular formula is C13H17BrFNO2. The van der Waals surface area contributed by atoms with Crippen LogP contribution in [0, 0.1) is 11.7 Å². The van der Waals surface area contributed by atoms with E-state index in [0.717, 1.165) is 12.8 Å². The van der Waals surface area contributed by atoms with Crippen LogP contribution in [0.15, 0.2) is 16.6 Å². The Morgan fingerprint density at radius 3 is 2.67 bits per heavy atom. The number of benzene rings is 1. The Morgan fingerprint density at radius 2 is 2.17 bits per heavy atom. The van der Waals surface area contributed by atoms with Gasteiger partial charge in [0.15, 0.2) is 0 Å².